The van der Waals surface area contributed by atoms with Crippen LogP contribution in [0.5, 0.6) is 0 Å². The summed E-state index contributed by atoms with van der Waals surface area (Å²) in [5.74, 6) is 0.0197. The molecule has 0 radical (unpaired) electrons. The second-order valence-electron chi connectivity index (χ2n) is 3.86. The van der Waals surface area contributed by atoms with Crippen LogP contribution in [0.1, 0.15) is 21.8 Å². The van der Waals surface area contributed by atoms with Gasteiger partial charge in [-0.15, -0.1) is 0 Å². The van der Waals surface area contributed by atoms with Crippen LogP contribution in [0, 0.1) is 6.92 Å². The fourth-order valence-corrected chi connectivity index (χ4v) is 2.67. The average molecular weight is 241 g/mol. The Morgan fingerprint density at radius 2 is 2.44 bits per heavy atom. The maximum absolute atomic E-state index is 12.1. The Morgan fingerprint density at radius 1 is 1.69 bits per heavy atom. The van der Waals surface area contributed by atoms with Gasteiger partial charge in [0, 0.05) is 20.2 Å². The first-order valence-corrected chi connectivity index (χ1v) is 5.98. The quantitative estimate of drug-likeness (QED) is 0.835. The topological polar surface area (TPSA) is 68.5 Å². The lowest BCUT2D eigenvalue weighted by atomic mass is 10.3. The summed E-state index contributed by atoms with van der Waals surface area (Å²) in [5, 5.41) is 0.448. The van der Waals surface area contributed by atoms with Crippen LogP contribution in [-0.4, -0.2) is 42.1 Å². The van der Waals surface area contributed by atoms with E-state index in [9.17, 15) is 4.79 Å². The van der Waals surface area contributed by atoms with Gasteiger partial charge < -0.3 is 15.4 Å². The molecule has 1 aliphatic rings. The number of likely N-dealkylation sites (tertiary alicyclic amines) is 1. The number of methoxy groups -OCH3 is 1. The first kappa shape index (κ1) is 11.3. The number of carbonyl (C=O) groups excluding carboxylic acids is 1. The molecule has 1 aromatic rings. The summed E-state index contributed by atoms with van der Waals surface area (Å²) in [5.41, 5.74) is 6.30. The molecule has 0 bridgehead atoms. The maximum atomic E-state index is 12.1. The molecule has 1 aliphatic heterocycles. The summed E-state index contributed by atoms with van der Waals surface area (Å²) in [4.78, 5) is 18.6. The molecule has 1 amide bonds. The maximum Gasteiger partial charge on any atom is 0.266 e. The molecule has 1 fully saturated rings. The van der Waals surface area contributed by atoms with Gasteiger partial charge in [-0.05, 0) is 13.3 Å². The van der Waals surface area contributed by atoms with E-state index in [-0.39, 0.29) is 12.0 Å². The number of nitrogens with zero attached hydrogens (tertiary/aromatic N) is 2. The van der Waals surface area contributed by atoms with E-state index in [1.54, 1.807) is 12.0 Å². The molecular formula is C10H15N3O2S. The normalized spacial score (nSPS) is 20.4. The molecule has 88 valence electrons. The van der Waals surface area contributed by atoms with Gasteiger partial charge in [0.1, 0.15) is 4.88 Å². The minimum Gasteiger partial charge on any atom is -0.380 e. The lowest BCUT2D eigenvalue weighted by Crippen LogP contribution is -2.29. The third-order valence-corrected chi connectivity index (χ3v) is 3.75. The highest BCUT2D eigenvalue weighted by atomic mass is 32.1. The standard InChI is InChI=1S/C10H15N3O2S/c1-6-8(16-10(11)12-6)9(14)13-4-3-7(5-13)15-2/h7H,3-5H2,1-2H3,(H2,11,12). The number of aryl methyl sites for hydroxylation is 1. The van der Waals surface area contributed by atoms with E-state index in [4.69, 9.17) is 10.5 Å². The number of anilines is 1. The molecule has 2 heterocycles. The fourth-order valence-electron chi connectivity index (χ4n) is 1.86. The summed E-state index contributed by atoms with van der Waals surface area (Å²) in [6, 6.07) is 0. The molecule has 16 heavy (non-hydrogen) atoms. The number of carbonyl (C=O) groups is 1. The van der Waals surface area contributed by atoms with Crippen molar-refractivity contribution < 1.29 is 9.53 Å². The van der Waals surface area contributed by atoms with Crippen molar-refractivity contribution in [3.8, 4) is 0 Å². The molecule has 6 heteroatoms. The molecule has 1 unspecified atom stereocenters. The molecule has 0 spiro atoms. The van der Waals surface area contributed by atoms with Gasteiger partial charge in [0.05, 0.1) is 11.8 Å². The summed E-state index contributed by atoms with van der Waals surface area (Å²) >= 11 is 1.25. The van der Waals surface area contributed by atoms with Gasteiger partial charge in [0.25, 0.3) is 5.91 Å². The van der Waals surface area contributed by atoms with Crippen LogP contribution in [-0.2, 0) is 4.74 Å². The van der Waals surface area contributed by atoms with Crippen molar-refractivity contribution in [2.45, 2.75) is 19.4 Å². The van der Waals surface area contributed by atoms with Gasteiger partial charge >= 0.3 is 0 Å². The van der Waals surface area contributed by atoms with E-state index >= 15 is 0 Å². The number of nitrogens with two attached hydrogens (primary N) is 1. The zero-order chi connectivity index (χ0) is 11.7. The number of amides is 1. The molecule has 1 atom stereocenters. The number of hydrogen-bond donors (Lipinski definition) is 1. The van der Waals surface area contributed by atoms with Crippen LogP contribution in [0.25, 0.3) is 0 Å². The van der Waals surface area contributed by atoms with E-state index < -0.39 is 0 Å². The zero-order valence-electron chi connectivity index (χ0n) is 9.40. The molecule has 1 saturated heterocycles. The molecule has 1 aromatic heterocycles. The number of nitrogen functional groups attached to an aromatic ring is 1. The average Bonchev–Trinajstić information content (AvgIpc) is 2.84. The van der Waals surface area contributed by atoms with Crippen LogP contribution in [0.15, 0.2) is 0 Å². The number of aromatic nitrogens is 1. The number of rotatable bonds is 2. The van der Waals surface area contributed by atoms with Crippen LogP contribution in [0.3, 0.4) is 0 Å². The number of thiazole rings is 1. The van der Waals surface area contributed by atoms with Gasteiger partial charge in [-0.2, -0.15) is 0 Å². The molecule has 0 aromatic carbocycles. The molecule has 2 rings (SSSR count). The van der Waals surface area contributed by atoms with Crippen molar-refractivity contribution in [1.29, 1.82) is 0 Å². The highest BCUT2D eigenvalue weighted by Gasteiger charge is 2.28. The highest BCUT2D eigenvalue weighted by Crippen LogP contribution is 2.23. The Hall–Kier alpha value is -1.14. The summed E-state index contributed by atoms with van der Waals surface area (Å²) in [6.45, 7) is 3.21. The van der Waals surface area contributed by atoms with Crippen LogP contribution < -0.4 is 5.73 Å². The second-order valence-corrected chi connectivity index (χ2v) is 4.89. The van der Waals surface area contributed by atoms with Gasteiger partial charge in [-0.25, -0.2) is 4.98 Å². The second kappa shape index (κ2) is 4.39. The van der Waals surface area contributed by atoms with E-state index in [2.05, 4.69) is 4.98 Å². The van der Waals surface area contributed by atoms with Crippen molar-refractivity contribution in [2.24, 2.45) is 0 Å². The van der Waals surface area contributed by atoms with E-state index in [0.29, 0.717) is 22.2 Å². The van der Waals surface area contributed by atoms with Crippen LogP contribution in [0.2, 0.25) is 0 Å². The van der Waals surface area contributed by atoms with Crippen LogP contribution in [0.4, 0.5) is 5.13 Å². The van der Waals surface area contributed by atoms with Crippen molar-refractivity contribution in [1.82, 2.24) is 9.88 Å². The van der Waals surface area contributed by atoms with Gasteiger partial charge in [-0.1, -0.05) is 11.3 Å². The minimum atomic E-state index is 0.0197. The molecular weight excluding hydrogens is 226 g/mol. The summed E-state index contributed by atoms with van der Waals surface area (Å²) in [6.07, 6.45) is 1.06. The molecule has 0 aliphatic carbocycles. The first-order valence-electron chi connectivity index (χ1n) is 5.16. The SMILES string of the molecule is COC1CCN(C(=O)c2sc(N)nc2C)C1. The molecule has 2 N–H and O–H groups in total. The van der Waals surface area contributed by atoms with E-state index in [1.165, 1.54) is 11.3 Å². The first-order chi connectivity index (χ1) is 7.61. The van der Waals surface area contributed by atoms with Gasteiger partial charge in [-0.3, -0.25) is 4.79 Å². The Morgan fingerprint density at radius 3 is 2.94 bits per heavy atom. The monoisotopic (exact) mass is 241 g/mol. The largest absolute Gasteiger partial charge is 0.380 e. The third-order valence-electron chi connectivity index (χ3n) is 2.77. The fraction of sp³-hybridized carbons (Fsp3) is 0.600. The smallest absolute Gasteiger partial charge is 0.266 e. The van der Waals surface area contributed by atoms with Crippen molar-refractivity contribution in [2.75, 3.05) is 25.9 Å². The van der Waals surface area contributed by atoms with E-state index in [0.717, 1.165) is 13.0 Å². The number of hydrogen-bond acceptors (Lipinski definition) is 5. The lowest BCUT2D eigenvalue weighted by Gasteiger charge is -2.15. The Kier molecular flexibility index (Phi) is 3.11. The van der Waals surface area contributed by atoms with Gasteiger partial charge in [0.15, 0.2) is 5.13 Å². The minimum absolute atomic E-state index is 0.0197. The van der Waals surface area contributed by atoms with Crippen molar-refractivity contribution in [3.63, 3.8) is 0 Å². The Balaban J connectivity index is 2.11. The van der Waals surface area contributed by atoms with Crippen LogP contribution >= 0.6 is 11.3 Å². The predicted octanol–water partition coefficient (Wildman–Crippen LogP) is 0.895. The van der Waals surface area contributed by atoms with Gasteiger partial charge in [0.2, 0.25) is 0 Å². The molecule has 5 nitrogen and oxygen atoms in total. The highest BCUT2D eigenvalue weighted by molar-refractivity contribution is 7.17. The Labute approximate surface area is 98.2 Å². The summed E-state index contributed by atoms with van der Waals surface area (Å²) < 4.78 is 5.23. The van der Waals surface area contributed by atoms with E-state index in [1.807, 2.05) is 6.92 Å². The Bertz CT molecular complexity index is 405. The summed E-state index contributed by atoms with van der Waals surface area (Å²) in [7, 11) is 1.68. The molecule has 0 saturated carbocycles. The van der Waals surface area contributed by atoms with Crippen molar-refractivity contribution in [3.05, 3.63) is 10.6 Å². The lowest BCUT2D eigenvalue weighted by molar-refractivity contribution is 0.0727. The predicted molar refractivity (Wildman–Crippen MR) is 62.6 cm³/mol. The third kappa shape index (κ3) is 2.03. The van der Waals surface area contributed by atoms with Crippen molar-refractivity contribution >= 4 is 22.4 Å². The number of ether oxygens (including phenoxy) is 1. The zero-order valence-corrected chi connectivity index (χ0v) is 10.2.